The van der Waals surface area contributed by atoms with E-state index in [0.29, 0.717) is 12.3 Å². The summed E-state index contributed by atoms with van der Waals surface area (Å²) in [5.74, 6) is 1.38. The van der Waals surface area contributed by atoms with Crippen molar-refractivity contribution in [2.24, 2.45) is 0 Å². The summed E-state index contributed by atoms with van der Waals surface area (Å²) < 4.78 is 7.51. The van der Waals surface area contributed by atoms with E-state index in [1.807, 2.05) is 29.8 Å². The first-order valence-corrected chi connectivity index (χ1v) is 8.07. The molecule has 0 fully saturated rings. The van der Waals surface area contributed by atoms with Gasteiger partial charge in [0.05, 0.1) is 6.33 Å². The smallest absolute Gasteiger partial charge is 0.136 e. The van der Waals surface area contributed by atoms with Gasteiger partial charge in [-0.3, -0.25) is 0 Å². The van der Waals surface area contributed by atoms with Crippen LogP contribution in [0.2, 0.25) is 0 Å². The van der Waals surface area contributed by atoms with Gasteiger partial charge in [-0.05, 0) is 50.6 Å². The molecule has 126 valence electrons. The molecule has 2 heterocycles. The standard InChI is InChI=1S/C19H23N3O2/c1-14-4-9-18(24-14)19(3,23)12-21-15(2)16-5-7-17(8-6-16)22-11-10-20-13-22/h4-11,13,15,21,23H,12H2,1-3H3. The van der Waals surface area contributed by atoms with Gasteiger partial charge in [0.2, 0.25) is 0 Å². The molecule has 3 rings (SSSR count). The highest BCUT2D eigenvalue weighted by atomic mass is 16.4. The van der Waals surface area contributed by atoms with Crippen molar-refractivity contribution in [3.8, 4) is 5.69 Å². The quantitative estimate of drug-likeness (QED) is 0.730. The maximum atomic E-state index is 10.6. The number of furan rings is 1. The first-order valence-electron chi connectivity index (χ1n) is 8.07. The van der Waals surface area contributed by atoms with Gasteiger partial charge in [0.25, 0.3) is 0 Å². The van der Waals surface area contributed by atoms with Crippen LogP contribution in [-0.2, 0) is 5.60 Å². The minimum Gasteiger partial charge on any atom is -0.463 e. The number of aliphatic hydroxyl groups is 1. The summed E-state index contributed by atoms with van der Waals surface area (Å²) in [4.78, 5) is 4.06. The van der Waals surface area contributed by atoms with Crippen molar-refractivity contribution in [2.45, 2.75) is 32.4 Å². The van der Waals surface area contributed by atoms with E-state index in [4.69, 9.17) is 4.42 Å². The van der Waals surface area contributed by atoms with Crippen LogP contribution in [0.25, 0.3) is 5.69 Å². The molecule has 3 aromatic rings. The Bertz CT molecular complexity index is 773. The predicted molar refractivity (Wildman–Crippen MR) is 93.0 cm³/mol. The molecule has 0 bridgehead atoms. The maximum Gasteiger partial charge on any atom is 0.136 e. The molecule has 0 saturated carbocycles. The van der Waals surface area contributed by atoms with Crippen LogP contribution in [0.4, 0.5) is 0 Å². The molecule has 2 unspecified atom stereocenters. The second kappa shape index (κ2) is 6.63. The van der Waals surface area contributed by atoms with Gasteiger partial charge in [-0.25, -0.2) is 4.98 Å². The third-order valence-electron chi connectivity index (χ3n) is 4.22. The van der Waals surface area contributed by atoms with Crippen molar-refractivity contribution >= 4 is 0 Å². The first kappa shape index (κ1) is 16.5. The molecule has 5 nitrogen and oxygen atoms in total. The Hall–Kier alpha value is -2.37. The summed E-state index contributed by atoms with van der Waals surface area (Å²) in [7, 11) is 0. The zero-order chi connectivity index (χ0) is 17.2. The lowest BCUT2D eigenvalue weighted by Gasteiger charge is -2.24. The lowest BCUT2D eigenvalue weighted by Crippen LogP contribution is -2.36. The number of hydrogen-bond donors (Lipinski definition) is 2. The summed E-state index contributed by atoms with van der Waals surface area (Å²) in [6.07, 6.45) is 5.45. The molecule has 24 heavy (non-hydrogen) atoms. The Kier molecular flexibility index (Phi) is 4.55. The number of aryl methyl sites for hydroxylation is 1. The molecule has 1 aromatic carbocycles. The Morgan fingerprint density at radius 2 is 2.00 bits per heavy atom. The molecule has 0 aliphatic heterocycles. The van der Waals surface area contributed by atoms with Crippen LogP contribution in [0.15, 0.2) is 59.5 Å². The SMILES string of the molecule is Cc1ccc(C(C)(O)CNC(C)c2ccc(-n3ccnc3)cc2)o1. The van der Waals surface area contributed by atoms with Crippen molar-refractivity contribution in [3.63, 3.8) is 0 Å². The number of aromatic nitrogens is 2. The van der Waals surface area contributed by atoms with Gasteiger partial charge in [-0.2, -0.15) is 0 Å². The molecule has 0 spiro atoms. The fourth-order valence-electron chi connectivity index (χ4n) is 2.63. The van der Waals surface area contributed by atoms with E-state index in [1.54, 1.807) is 19.4 Å². The van der Waals surface area contributed by atoms with Crippen molar-refractivity contribution in [3.05, 3.63) is 72.2 Å². The molecule has 0 saturated heterocycles. The lowest BCUT2D eigenvalue weighted by atomic mass is 10.0. The van der Waals surface area contributed by atoms with E-state index in [1.165, 1.54) is 0 Å². The van der Waals surface area contributed by atoms with Crippen molar-refractivity contribution in [2.75, 3.05) is 6.54 Å². The summed E-state index contributed by atoms with van der Waals surface area (Å²) in [6, 6.07) is 12.1. The molecule has 2 atom stereocenters. The molecule has 0 amide bonds. The number of nitrogens with zero attached hydrogens (tertiary/aromatic N) is 2. The van der Waals surface area contributed by atoms with Crippen LogP contribution in [-0.4, -0.2) is 21.2 Å². The van der Waals surface area contributed by atoms with E-state index in [2.05, 4.69) is 41.5 Å². The Labute approximate surface area is 142 Å². The van der Waals surface area contributed by atoms with Gasteiger partial charge in [0.15, 0.2) is 0 Å². The van der Waals surface area contributed by atoms with Crippen LogP contribution in [0.1, 0.15) is 37.0 Å². The maximum absolute atomic E-state index is 10.6. The Morgan fingerprint density at radius 1 is 1.25 bits per heavy atom. The van der Waals surface area contributed by atoms with E-state index < -0.39 is 5.60 Å². The van der Waals surface area contributed by atoms with Gasteiger partial charge >= 0.3 is 0 Å². The number of hydrogen-bond acceptors (Lipinski definition) is 4. The van der Waals surface area contributed by atoms with Gasteiger partial charge in [0.1, 0.15) is 17.1 Å². The monoisotopic (exact) mass is 325 g/mol. The van der Waals surface area contributed by atoms with E-state index in [9.17, 15) is 5.11 Å². The molecule has 2 aromatic heterocycles. The topological polar surface area (TPSA) is 63.2 Å². The summed E-state index contributed by atoms with van der Waals surface area (Å²) >= 11 is 0. The summed E-state index contributed by atoms with van der Waals surface area (Å²) in [6.45, 7) is 6.12. The van der Waals surface area contributed by atoms with Crippen LogP contribution < -0.4 is 5.32 Å². The van der Waals surface area contributed by atoms with Gasteiger partial charge < -0.3 is 19.4 Å². The molecule has 0 aliphatic carbocycles. The van der Waals surface area contributed by atoms with Crippen LogP contribution in [0.3, 0.4) is 0 Å². The molecular weight excluding hydrogens is 302 g/mol. The van der Waals surface area contributed by atoms with Crippen LogP contribution in [0.5, 0.6) is 0 Å². The van der Waals surface area contributed by atoms with E-state index in [0.717, 1.165) is 17.0 Å². The molecular formula is C19H23N3O2. The highest BCUT2D eigenvalue weighted by molar-refractivity contribution is 5.35. The van der Waals surface area contributed by atoms with Gasteiger partial charge in [-0.15, -0.1) is 0 Å². The average Bonchev–Trinajstić information content (AvgIpc) is 3.24. The minimum absolute atomic E-state index is 0.115. The van der Waals surface area contributed by atoms with Crippen LogP contribution in [0, 0.1) is 6.92 Å². The lowest BCUT2D eigenvalue weighted by molar-refractivity contribution is 0.0313. The van der Waals surface area contributed by atoms with Gasteiger partial charge in [-0.1, -0.05) is 12.1 Å². The highest BCUT2D eigenvalue weighted by Gasteiger charge is 2.27. The number of imidazole rings is 1. The van der Waals surface area contributed by atoms with Crippen molar-refractivity contribution < 1.29 is 9.52 Å². The largest absolute Gasteiger partial charge is 0.463 e. The number of benzene rings is 1. The fourth-order valence-corrected chi connectivity index (χ4v) is 2.63. The van der Waals surface area contributed by atoms with E-state index >= 15 is 0 Å². The molecule has 0 radical (unpaired) electrons. The second-order valence-electron chi connectivity index (χ2n) is 6.35. The summed E-state index contributed by atoms with van der Waals surface area (Å²) in [5, 5.41) is 14.0. The number of rotatable bonds is 6. The van der Waals surface area contributed by atoms with E-state index in [-0.39, 0.29) is 6.04 Å². The highest BCUT2D eigenvalue weighted by Crippen LogP contribution is 2.23. The Morgan fingerprint density at radius 3 is 2.58 bits per heavy atom. The normalized spacial score (nSPS) is 15.2. The fraction of sp³-hybridized carbons (Fsp3) is 0.316. The molecule has 5 heteroatoms. The van der Waals surface area contributed by atoms with Crippen molar-refractivity contribution in [1.29, 1.82) is 0 Å². The molecule has 0 aliphatic rings. The third-order valence-corrected chi connectivity index (χ3v) is 4.22. The van der Waals surface area contributed by atoms with Crippen LogP contribution >= 0.6 is 0 Å². The predicted octanol–water partition coefficient (Wildman–Crippen LogP) is 3.33. The minimum atomic E-state index is -1.04. The number of nitrogens with one attached hydrogen (secondary N) is 1. The average molecular weight is 325 g/mol. The summed E-state index contributed by atoms with van der Waals surface area (Å²) in [5.41, 5.74) is 1.19. The zero-order valence-electron chi connectivity index (χ0n) is 14.2. The zero-order valence-corrected chi connectivity index (χ0v) is 14.2. The Balaban J connectivity index is 1.63. The third kappa shape index (κ3) is 3.58. The van der Waals surface area contributed by atoms with Gasteiger partial charge in [0, 0.05) is 30.7 Å². The second-order valence-corrected chi connectivity index (χ2v) is 6.35. The van der Waals surface area contributed by atoms with Crippen molar-refractivity contribution in [1.82, 2.24) is 14.9 Å². The molecule has 2 N–H and O–H groups in total. The first-order chi connectivity index (χ1) is 11.5.